The summed E-state index contributed by atoms with van der Waals surface area (Å²) in [4.78, 5) is 0. The smallest absolute Gasteiger partial charge is 0.133 e. The van der Waals surface area contributed by atoms with E-state index in [0.717, 1.165) is 16.6 Å². The summed E-state index contributed by atoms with van der Waals surface area (Å²) in [7, 11) is 0. The first kappa shape index (κ1) is 16.5. The number of halogens is 3. The molecule has 0 aromatic heterocycles. The highest BCUT2D eigenvalue weighted by molar-refractivity contribution is 9.10. The van der Waals surface area contributed by atoms with E-state index < -0.39 is 6.10 Å². The zero-order valence-electron chi connectivity index (χ0n) is 11.4. The Morgan fingerprint density at radius 1 is 1.14 bits per heavy atom. The molecule has 2 nitrogen and oxygen atoms in total. The molecule has 1 atom stereocenters. The van der Waals surface area contributed by atoms with E-state index in [-0.39, 0.29) is 5.82 Å². The second-order valence-electron chi connectivity index (χ2n) is 4.61. The third kappa shape index (κ3) is 4.05. The normalized spacial score (nSPS) is 12.2. The van der Waals surface area contributed by atoms with Crippen LogP contribution in [0.4, 0.5) is 4.39 Å². The molecule has 2 aromatic carbocycles. The summed E-state index contributed by atoms with van der Waals surface area (Å²) in [5, 5.41) is 10.4. The van der Waals surface area contributed by atoms with Gasteiger partial charge in [0.15, 0.2) is 0 Å². The van der Waals surface area contributed by atoms with Gasteiger partial charge in [-0.05, 0) is 57.7 Å². The summed E-state index contributed by atoms with van der Waals surface area (Å²) in [5.41, 5.74) is 1.32. The van der Waals surface area contributed by atoms with Crippen molar-refractivity contribution in [1.82, 2.24) is 0 Å². The van der Waals surface area contributed by atoms with Gasteiger partial charge >= 0.3 is 0 Å². The molecule has 21 heavy (non-hydrogen) atoms. The van der Waals surface area contributed by atoms with Crippen LogP contribution in [-0.2, 0) is 0 Å². The van der Waals surface area contributed by atoms with E-state index in [1.54, 1.807) is 12.1 Å². The number of aliphatic hydroxyl groups is 1. The zero-order valence-corrected chi connectivity index (χ0v) is 14.6. The fraction of sp³-hybridized carbons (Fsp3) is 0.250. The molecule has 0 heterocycles. The van der Waals surface area contributed by atoms with Crippen molar-refractivity contribution in [3.63, 3.8) is 0 Å². The molecule has 0 aliphatic rings. The van der Waals surface area contributed by atoms with Crippen molar-refractivity contribution in [2.75, 3.05) is 6.61 Å². The second-order valence-corrected chi connectivity index (χ2v) is 6.32. The van der Waals surface area contributed by atoms with E-state index >= 15 is 0 Å². The Kier molecular flexibility index (Phi) is 5.79. The largest absolute Gasteiger partial charge is 0.492 e. The SMILES string of the molecule is CCCOc1ccc(C(O)c2ccc(F)cc2Br)cc1Br. The predicted octanol–water partition coefficient (Wildman–Crippen LogP) is 5.22. The van der Waals surface area contributed by atoms with Gasteiger partial charge < -0.3 is 9.84 Å². The molecule has 0 amide bonds. The lowest BCUT2D eigenvalue weighted by molar-refractivity contribution is 0.219. The van der Waals surface area contributed by atoms with Gasteiger partial charge in [-0.15, -0.1) is 0 Å². The number of hydrogen-bond donors (Lipinski definition) is 1. The Labute approximate surface area is 140 Å². The molecule has 1 N–H and O–H groups in total. The van der Waals surface area contributed by atoms with Crippen LogP contribution in [0, 0.1) is 5.82 Å². The van der Waals surface area contributed by atoms with Crippen molar-refractivity contribution in [2.24, 2.45) is 0 Å². The van der Waals surface area contributed by atoms with E-state index in [1.165, 1.54) is 12.1 Å². The minimum absolute atomic E-state index is 0.345. The molecule has 5 heteroatoms. The number of aliphatic hydroxyl groups excluding tert-OH is 1. The van der Waals surface area contributed by atoms with Gasteiger partial charge in [0.1, 0.15) is 17.7 Å². The molecular formula is C16H15Br2FO2. The molecule has 0 fully saturated rings. The predicted molar refractivity (Wildman–Crippen MR) is 88.1 cm³/mol. The molecule has 0 bridgehead atoms. The lowest BCUT2D eigenvalue weighted by atomic mass is 10.0. The Bertz CT molecular complexity index is 632. The fourth-order valence-corrected chi connectivity index (χ4v) is 3.00. The maximum atomic E-state index is 13.1. The van der Waals surface area contributed by atoms with E-state index in [9.17, 15) is 9.50 Å². The molecular weight excluding hydrogens is 403 g/mol. The van der Waals surface area contributed by atoms with Crippen LogP contribution in [0.3, 0.4) is 0 Å². The minimum Gasteiger partial charge on any atom is -0.492 e. The highest BCUT2D eigenvalue weighted by Crippen LogP contribution is 2.33. The third-order valence-corrected chi connectivity index (χ3v) is 4.30. The molecule has 0 saturated heterocycles. The first-order chi connectivity index (χ1) is 10.0. The first-order valence-electron chi connectivity index (χ1n) is 6.58. The molecule has 0 aliphatic carbocycles. The molecule has 0 spiro atoms. The topological polar surface area (TPSA) is 29.5 Å². The van der Waals surface area contributed by atoms with Gasteiger partial charge in [0.25, 0.3) is 0 Å². The van der Waals surface area contributed by atoms with Crippen LogP contribution in [-0.4, -0.2) is 11.7 Å². The molecule has 1 unspecified atom stereocenters. The Morgan fingerprint density at radius 2 is 1.90 bits per heavy atom. The van der Waals surface area contributed by atoms with Crippen molar-refractivity contribution in [2.45, 2.75) is 19.4 Å². The Hall–Kier alpha value is -0.910. The second kappa shape index (κ2) is 7.38. The van der Waals surface area contributed by atoms with Gasteiger partial charge in [-0.1, -0.05) is 35.0 Å². The van der Waals surface area contributed by atoms with Crippen LogP contribution in [0.1, 0.15) is 30.6 Å². The molecule has 0 aliphatic heterocycles. The van der Waals surface area contributed by atoms with Crippen molar-refractivity contribution >= 4 is 31.9 Å². The number of hydrogen-bond acceptors (Lipinski definition) is 2. The van der Waals surface area contributed by atoms with Crippen molar-refractivity contribution < 1.29 is 14.2 Å². The van der Waals surface area contributed by atoms with Crippen molar-refractivity contribution in [3.05, 3.63) is 62.3 Å². The molecule has 2 rings (SSSR count). The highest BCUT2D eigenvalue weighted by Gasteiger charge is 2.15. The van der Waals surface area contributed by atoms with Gasteiger partial charge in [-0.3, -0.25) is 0 Å². The quantitative estimate of drug-likeness (QED) is 0.722. The van der Waals surface area contributed by atoms with E-state index in [1.807, 2.05) is 19.1 Å². The van der Waals surface area contributed by atoms with Crippen LogP contribution >= 0.6 is 31.9 Å². The van der Waals surface area contributed by atoms with Crippen LogP contribution < -0.4 is 4.74 Å². The zero-order chi connectivity index (χ0) is 15.4. The fourth-order valence-electron chi connectivity index (χ4n) is 1.92. The average Bonchev–Trinajstić information content (AvgIpc) is 2.45. The maximum absolute atomic E-state index is 13.1. The molecule has 0 saturated carbocycles. The summed E-state index contributed by atoms with van der Waals surface area (Å²) >= 11 is 6.72. The summed E-state index contributed by atoms with van der Waals surface area (Å²) < 4.78 is 20.0. The minimum atomic E-state index is -0.837. The van der Waals surface area contributed by atoms with E-state index in [2.05, 4.69) is 31.9 Å². The molecule has 2 aromatic rings. The summed E-state index contributed by atoms with van der Waals surface area (Å²) in [5.74, 6) is 0.397. The summed E-state index contributed by atoms with van der Waals surface area (Å²) in [6.07, 6.45) is 0.0933. The Morgan fingerprint density at radius 3 is 2.52 bits per heavy atom. The number of benzene rings is 2. The van der Waals surface area contributed by atoms with Gasteiger partial charge in [0.05, 0.1) is 11.1 Å². The van der Waals surface area contributed by atoms with Gasteiger partial charge in [0.2, 0.25) is 0 Å². The average molecular weight is 418 g/mol. The standard InChI is InChI=1S/C16H15Br2FO2/c1-2-7-21-15-6-3-10(8-14(15)18)16(20)12-5-4-11(19)9-13(12)17/h3-6,8-9,16,20H,2,7H2,1H3. The maximum Gasteiger partial charge on any atom is 0.133 e. The first-order valence-corrected chi connectivity index (χ1v) is 8.16. The van der Waals surface area contributed by atoms with E-state index in [4.69, 9.17) is 4.74 Å². The monoisotopic (exact) mass is 416 g/mol. The number of ether oxygens (including phenoxy) is 1. The van der Waals surface area contributed by atoms with Crippen molar-refractivity contribution in [3.8, 4) is 5.75 Å². The third-order valence-electron chi connectivity index (χ3n) is 2.99. The van der Waals surface area contributed by atoms with Crippen LogP contribution in [0.5, 0.6) is 5.75 Å². The lowest BCUT2D eigenvalue weighted by Gasteiger charge is -2.15. The van der Waals surface area contributed by atoms with E-state index in [0.29, 0.717) is 22.2 Å². The molecule has 0 radical (unpaired) electrons. The van der Waals surface area contributed by atoms with Gasteiger partial charge in [-0.2, -0.15) is 0 Å². The van der Waals surface area contributed by atoms with Crippen LogP contribution in [0.15, 0.2) is 45.3 Å². The van der Waals surface area contributed by atoms with Gasteiger partial charge in [0, 0.05) is 4.47 Å². The van der Waals surface area contributed by atoms with Gasteiger partial charge in [-0.25, -0.2) is 4.39 Å². The summed E-state index contributed by atoms with van der Waals surface area (Å²) in [6, 6.07) is 9.67. The number of rotatable bonds is 5. The highest BCUT2D eigenvalue weighted by atomic mass is 79.9. The molecule has 112 valence electrons. The summed E-state index contributed by atoms with van der Waals surface area (Å²) in [6.45, 7) is 2.68. The lowest BCUT2D eigenvalue weighted by Crippen LogP contribution is -2.02. The Balaban J connectivity index is 2.27. The van der Waals surface area contributed by atoms with Crippen LogP contribution in [0.25, 0.3) is 0 Å². The van der Waals surface area contributed by atoms with Crippen LogP contribution in [0.2, 0.25) is 0 Å². The van der Waals surface area contributed by atoms with Crippen molar-refractivity contribution in [1.29, 1.82) is 0 Å².